The Bertz CT molecular complexity index is 710. The number of nitrogens with one attached hydrogen (secondary N) is 2. The summed E-state index contributed by atoms with van der Waals surface area (Å²) in [6.07, 6.45) is 3.59. The molecule has 1 atom stereocenters. The Morgan fingerprint density at radius 2 is 2.14 bits per heavy atom. The number of nitrogens with zero attached hydrogens (tertiary/aromatic N) is 1. The summed E-state index contributed by atoms with van der Waals surface area (Å²) in [5, 5.41) is 14.8. The van der Waals surface area contributed by atoms with Crippen LogP contribution in [0, 0.1) is 4.77 Å². The summed E-state index contributed by atoms with van der Waals surface area (Å²) in [6, 6.07) is 7.51. The summed E-state index contributed by atoms with van der Waals surface area (Å²) in [6.45, 7) is 0.296. The van der Waals surface area contributed by atoms with Crippen molar-refractivity contribution < 1.29 is 10.1 Å². The second-order valence-corrected chi connectivity index (χ2v) is 7.09. The van der Waals surface area contributed by atoms with Crippen molar-refractivity contribution in [3.8, 4) is 0 Å². The number of rotatable bonds is 5. The number of aromatic nitrogens is 3. The monoisotopic (exact) mass is 344 g/mol. The predicted octanol–water partition coefficient (Wildman–Crippen LogP) is 2.76. The highest BCUT2D eigenvalue weighted by atomic mass is 35.5. The number of aromatic amines is 2. The fourth-order valence-electron chi connectivity index (χ4n) is 2.58. The minimum atomic E-state index is -1.11. The maximum Gasteiger partial charge on any atom is 0.323 e. The average Bonchev–Trinajstić information content (AvgIpc) is 3.09. The Labute approximate surface area is 137 Å². The third-order valence-electron chi connectivity index (χ3n) is 4.04. The van der Waals surface area contributed by atoms with Crippen LogP contribution in [0.3, 0.4) is 0 Å². The fraction of sp³-hybridized carbons (Fsp3) is 0.429. The smallest absolute Gasteiger partial charge is 0.323 e. The van der Waals surface area contributed by atoms with Crippen LogP contribution in [0.25, 0.3) is 0 Å². The van der Waals surface area contributed by atoms with E-state index in [2.05, 4.69) is 10.1 Å². The first-order chi connectivity index (χ1) is 9.94. The molecule has 1 fully saturated rings. The molecule has 1 aromatic carbocycles. The second-order valence-electron chi connectivity index (χ2n) is 5.57. The normalized spacial score (nSPS) is 19.2. The number of halogens is 2. The minimum absolute atomic E-state index is 0.296. The average molecular weight is 345 g/mol. The van der Waals surface area contributed by atoms with Gasteiger partial charge in [-0.25, -0.2) is 4.98 Å². The van der Waals surface area contributed by atoms with Gasteiger partial charge < -0.3 is 5.11 Å². The van der Waals surface area contributed by atoms with E-state index in [1.54, 1.807) is 11.0 Å². The molecule has 1 aromatic heterocycles. The molecule has 21 heavy (non-hydrogen) atoms. The van der Waals surface area contributed by atoms with Gasteiger partial charge in [-0.1, -0.05) is 29.8 Å². The van der Waals surface area contributed by atoms with Crippen LogP contribution in [-0.4, -0.2) is 25.4 Å². The maximum absolute atomic E-state index is 11.2. The highest BCUT2D eigenvalue weighted by Crippen LogP contribution is 2.53. The number of benzene rings is 1. The molecule has 0 bridgehead atoms. The number of hydrogen-bond donors (Lipinski definition) is 2. The molecule has 3 rings (SSSR count). The van der Waals surface area contributed by atoms with Crippen molar-refractivity contribution in [2.75, 3.05) is 0 Å². The lowest BCUT2D eigenvalue weighted by molar-refractivity contribution is -0.388. The van der Waals surface area contributed by atoms with Gasteiger partial charge in [0.15, 0.2) is 0 Å². The van der Waals surface area contributed by atoms with Gasteiger partial charge in [-0.2, -0.15) is 5.10 Å². The van der Waals surface area contributed by atoms with Gasteiger partial charge in [0.2, 0.25) is 6.33 Å². The third kappa shape index (κ3) is 2.88. The number of H-pyrrole nitrogens is 2. The van der Waals surface area contributed by atoms with Crippen molar-refractivity contribution >= 4 is 35.4 Å². The first-order valence-electron chi connectivity index (χ1n) is 6.74. The predicted molar refractivity (Wildman–Crippen MR) is 84.1 cm³/mol. The summed E-state index contributed by atoms with van der Waals surface area (Å²) in [5.41, 5.74) is -0.230. The molecule has 4 nitrogen and oxygen atoms in total. The van der Waals surface area contributed by atoms with Gasteiger partial charge in [-0.05, 0) is 36.7 Å². The molecule has 0 saturated heterocycles. The van der Waals surface area contributed by atoms with Crippen molar-refractivity contribution in [2.24, 2.45) is 0 Å². The largest absolute Gasteiger partial charge is 0.384 e. The van der Waals surface area contributed by atoms with E-state index in [4.69, 9.17) is 35.4 Å². The van der Waals surface area contributed by atoms with Crippen molar-refractivity contribution in [3.05, 3.63) is 45.9 Å². The van der Waals surface area contributed by atoms with E-state index in [0.717, 1.165) is 18.4 Å². The SMILES string of the molecule is OC(Cc1ccccc1Cl)(Cn1[nH]c[nH+]c1=S)C1(Cl)CC1. The Hall–Kier alpha value is -0.880. The molecular formula is C14H16Cl2N3OS+. The highest BCUT2D eigenvalue weighted by Gasteiger charge is 2.59. The quantitative estimate of drug-likeness (QED) is 0.647. The number of alkyl halides is 1. The first kappa shape index (κ1) is 15.0. The van der Waals surface area contributed by atoms with Crippen molar-refractivity contribution in [1.29, 1.82) is 0 Å². The van der Waals surface area contributed by atoms with E-state index in [0.29, 0.717) is 22.8 Å². The van der Waals surface area contributed by atoms with Gasteiger partial charge in [0.05, 0.1) is 4.87 Å². The van der Waals surface area contributed by atoms with Crippen LogP contribution in [-0.2, 0) is 13.0 Å². The maximum atomic E-state index is 11.2. The summed E-state index contributed by atoms with van der Waals surface area (Å²) in [4.78, 5) is 2.26. The summed E-state index contributed by atoms with van der Waals surface area (Å²) in [7, 11) is 0. The molecule has 2 aromatic rings. The van der Waals surface area contributed by atoms with E-state index in [1.165, 1.54) is 0 Å². The van der Waals surface area contributed by atoms with Gasteiger partial charge in [0.1, 0.15) is 12.1 Å². The molecular weight excluding hydrogens is 329 g/mol. The second kappa shape index (κ2) is 5.39. The lowest BCUT2D eigenvalue weighted by atomic mass is 9.89. The van der Waals surface area contributed by atoms with E-state index in [1.807, 2.05) is 24.3 Å². The van der Waals surface area contributed by atoms with Gasteiger partial charge >= 0.3 is 4.77 Å². The molecule has 0 aliphatic heterocycles. The lowest BCUT2D eigenvalue weighted by Gasteiger charge is -2.31. The van der Waals surface area contributed by atoms with Gasteiger partial charge in [-0.15, -0.1) is 16.3 Å². The van der Waals surface area contributed by atoms with Crippen LogP contribution in [0.2, 0.25) is 5.02 Å². The molecule has 1 saturated carbocycles. The van der Waals surface area contributed by atoms with Crippen LogP contribution >= 0.6 is 35.4 Å². The van der Waals surface area contributed by atoms with E-state index in [9.17, 15) is 5.11 Å². The Morgan fingerprint density at radius 3 is 2.71 bits per heavy atom. The molecule has 1 aliphatic carbocycles. The highest BCUT2D eigenvalue weighted by molar-refractivity contribution is 7.71. The lowest BCUT2D eigenvalue weighted by Crippen LogP contribution is -2.47. The summed E-state index contributed by atoms with van der Waals surface area (Å²) in [5.74, 6) is 0. The van der Waals surface area contributed by atoms with Crippen LogP contribution in [0.1, 0.15) is 18.4 Å². The zero-order chi connectivity index (χ0) is 15.1. The van der Waals surface area contributed by atoms with Crippen LogP contribution in [0.4, 0.5) is 0 Å². The molecule has 1 aliphatic rings. The van der Waals surface area contributed by atoms with Crippen LogP contribution in [0.15, 0.2) is 30.6 Å². The number of aliphatic hydroxyl groups is 1. The Morgan fingerprint density at radius 1 is 1.43 bits per heavy atom. The molecule has 1 heterocycles. The zero-order valence-corrected chi connectivity index (χ0v) is 13.6. The molecule has 1 unspecified atom stereocenters. The van der Waals surface area contributed by atoms with E-state index >= 15 is 0 Å². The summed E-state index contributed by atoms with van der Waals surface area (Å²) < 4.78 is 2.21. The molecule has 7 heteroatoms. The van der Waals surface area contributed by atoms with Gasteiger partial charge in [0, 0.05) is 11.4 Å². The molecule has 0 spiro atoms. The van der Waals surface area contributed by atoms with Gasteiger partial charge in [-0.3, -0.25) is 0 Å². The van der Waals surface area contributed by atoms with Crippen LogP contribution in [0.5, 0.6) is 0 Å². The molecule has 0 amide bonds. The van der Waals surface area contributed by atoms with Crippen molar-refractivity contribution in [3.63, 3.8) is 0 Å². The Kier molecular flexibility index (Phi) is 3.86. The third-order valence-corrected chi connectivity index (χ3v) is 5.48. The van der Waals surface area contributed by atoms with Gasteiger partial charge in [0.25, 0.3) is 0 Å². The Balaban J connectivity index is 1.93. The molecule has 3 N–H and O–H groups in total. The first-order valence-corrected chi connectivity index (χ1v) is 7.91. The minimum Gasteiger partial charge on any atom is -0.384 e. The summed E-state index contributed by atoms with van der Waals surface area (Å²) >= 11 is 18.0. The zero-order valence-electron chi connectivity index (χ0n) is 11.3. The topological polar surface area (TPSA) is 55.1 Å². The standard InChI is InChI=1S/C14H15Cl2N3OS/c15-11-4-2-1-3-10(11)7-14(20,13(16)5-6-13)8-19-12(21)17-9-18-19/h1-4,9,20H,5-8H2,(H,17,18,21)/p+1. The van der Waals surface area contributed by atoms with E-state index in [-0.39, 0.29) is 0 Å². The van der Waals surface area contributed by atoms with E-state index < -0.39 is 10.5 Å². The van der Waals surface area contributed by atoms with Crippen LogP contribution < -0.4 is 4.98 Å². The molecule has 0 radical (unpaired) electrons. The van der Waals surface area contributed by atoms with Crippen molar-refractivity contribution in [1.82, 2.24) is 9.78 Å². The fourth-order valence-corrected chi connectivity index (χ4v) is 3.18. The molecule has 112 valence electrons. The van der Waals surface area contributed by atoms with Crippen molar-refractivity contribution in [2.45, 2.75) is 36.3 Å². The number of hydrogen-bond acceptors (Lipinski definition) is 2.